The summed E-state index contributed by atoms with van der Waals surface area (Å²) in [7, 11) is 0. The number of ether oxygens (including phenoxy) is 1. The Bertz CT molecular complexity index is 868. The minimum absolute atomic E-state index is 0.171. The van der Waals surface area contributed by atoms with Gasteiger partial charge in [-0.3, -0.25) is 9.59 Å². The van der Waals surface area contributed by atoms with E-state index >= 15 is 0 Å². The van der Waals surface area contributed by atoms with E-state index in [1.165, 1.54) is 0 Å². The molecule has 1 aromatic heterocycles. The maximum Gasteiger partial charge on any atom is 0.355 e. The van der Waals surface area contributed by atoms with Crippen LogP contribution in [0.3, 0.4) is 0 Å². The number of benzene rings is 1. The highest BCUT2D eigenvalue weighted by Gasteiger charge is 2.33. The number of H-pyrrole nitrogens is 1. The Morgan fingerprint density at radius 3 is 2.21 bits per heavy atom. The topological polar surface area (TPSA) is 79.5 Å². The molecule has 0 radical (unpaired) electrons. The highest BCUT2D eigenvalue weighted by Crippen LogP contribution is 2.23. The van der Waals surface area contributed by atoms with Crippen LogP contribution in [0, 0.1) is 13.8 Å². The number of Topliss-reactive ketones (excluding diaryl/α,β-unsaturated/α-hetero) is 1. The molecule has 0 saturated carbocycles. The van der Waals surface area contributed by atoms with Gasteiger partial charge >= 0.3 is 5.97 Å². The van der Waals surface area contributed by atoms with Crippen LogP contribution in [0.5, 0.6) is 0 Å². The molecule has 1 atom stereocenters. The van der Waals surface area contributed by atoms with E-state index in [4.69, 9.17) is 4.74 Å². The molecule has 2 aromatic rings. The summed E-state index contributed by atoms with van der Waals surface area (Å²) < 4.78 is 5.05. The number of nitrogens with one attached hydrogen (secondary N) is 1. The van der Waals surface area contributed by atoms with E-state index in [0.717, 1.165) is 0 Å². The average Bonchev–Trinajstić information content (AvgIpc) is 2.96. The fourth-order valence-corrected chi connectivity index (χ4v) is 3.45. The van der Waals surface area contributed by atoms with Gasteiger partial charge in [0, 0.05) is 22.9 Å². The fourth-order valence-electron chi connectivity index (χ4n) is 3.45. The highest BCUT2D eigenvalue weighted by molar-refractivity contribution is 6.07. The van der Waals surface area contributed by atoms with Crippen molar-refractivity contribution >= 4 is 17.7 Å². The molecule has 0 aliphatic rings. The predicted molar refractivity (Wildman–Crippen MR) is 108 cm³/mol. The fraction of sp³-hybridized carbons (Fsp3) is 0.409. The van der Waals surface area contributed by atoms with Crippen LogP contribution in [0.4, 0.5) is 0 Å². The highest BCUT2D eigenvalue weighted by atomic mass is 16.5. The first kappa shape index (κ1) is 21.4. The number of carbonyl (C=O) groups is 3. The summed E-state index contributed by atoms with van der Waals surface area (Å²) in [6.07, 6.45) is 0. The molecule has 1 heterocycles. The molecule has 1 amide bonds. The number of esters is 1. The smallest absolute Gasteiger partial charge is 0.355 e. The molecule has 0 aliphatic heterocycles. The van der Waals surface area contributed by atoms with Crippen molar-refractivity contribution in [1.29, 1.82) is 0 Å². The number of aryl methyl sites for hydroxylation is 1. The van der Waals surface area contributed by atoms with Gasteiger partial charge in [-0.15, -0.1) is 0 Å². The number of ketones is 1. The Morgan fingerprint density at radius 2 is 1.68 bits per heavy atom. The van der Waals surface area contributed by atoms with Crippen molar-refractivity contribution in [3.8, 4) is 0 Å². The molecule has 0 fully saturated rings. The van der Waals surface area contributed by atoms with E-state index in [0.29, 0.717) is 22.4 Å². The van der Waals surface area contributed by atoms with Gasteiger partial charge in [0.05, 0.1) is 12.6 Å². The first-order valence-corrected chi connectivity index (χ1v) is 9.48. The number of amides is 1. The number of hydrogen-bond acceptors (Lipinski definition) is 4. The minimum atomic E-state index is -0.684. The SMILES string of the molecule is CCOC(=O)c1[nH]c(C)c(C(=O)C(C)N(C(=O)c2ccccc2)C(C)C)c1C. The van der Waals surface area contributed by atoms with E-state index in [-0.39, 0.29) is 30.0 Å². The van der Waals surface area contributed by atoms with Gasteiger partial charge in [-0.1, -0.05) is 18.2 Å². The van der Waals surface area contributed by atoms with Gasteiger partial charge in [-0.25, -0.2) is 4.79 Å². The number of aromatic nitrogens is 1. The Balaban J connectivity index is 2.39. The zero-order valence-corrected chi connectivity index (χ0v) is 17.3. The van der Waals surface area contributed by atoms with Gasteiger partial charge in [0.15, 0.2) is 5.78 Å². The molecular formula is C22H28N2O4. The van der Waals surface area contributed by atoms with Crippen LogP contribution in [0.1, 0.15) is 70.2 Å². The predicted octanol–water partition coefficient (Wildman–Crippen LogP) is 3.93. The molecule has 1 aromatic carbocycles. The van der Waals surface area contributed by atoms with E-state index in [1.807, 2.05) is 19.9 Å². The van der Waals surface area contributed by atoms with Gasteiger partial charge in [0.2, 0.25) is 0 Å². The second kappa shape index (κ2) is 8.87. The second-order valence-corrected chi connectivity index (χ2v) is 7.06. The Labute approximate surface area is 165 Å². The summed E-state index contributed by atoms with van der Waals surface area (Å²) in [6, 6.07) is 8.05. The summed E-state index contributed by atoms with van der Waals surface area (Å²) in [5.74, 6) is -0.899. The maximum absolute atomic E-state index is 13.3. The number of aromatic amines is 1. The third-order valence-electron chi connectivity index (χ3n) is 4.77. The largest absolute Gasteiger partial charge is 0.461 e. The van der Waals surface area contributed by atoms with Crippen molar-refractivity contribution in [2.45, 2.75) is 53.6 Å². The molecule has 150 valence electrons. The van der Waals surface area contributed by atoms with E-state index in [9.17, 15) is 14.4 Å². The molecule has 0 bridgehead atoms. The van der Waals surface area contributed by atoms with Crippen LogP contribution in [0.25, 0.3) is 0 Å². The molecule has 6 nitrogen and oxygen atoms in total. The molecule has 0 spiro atoms. The van der Waals surface area contributed by atoms with Gasteiger partial charge in [-0.2, -0.15) is 0 Å². The lowest BCUT2D eigenvalue weighted by Crippen LogP contribution is -2.47. The van der Waals surface area contributed by atoms with Crippen molar-refractivity contribution in [1.82, 2.24) is 9.88 Å². The molecule has 6 heteroatoms. The van der Waals surface area contributed by atoms with Crippen LogP contribution in [-0.2, 0) is 4.74 Å². The number of nitrogens with zero attached hydrogens (tertiary/aromatic N) is 1. The summed E-state index contributed by atoms with van der Waals surface area (Å²) >= 11 is 0. The Hall–Kier alpha value is -2.89. The number of rotatable bonds is 7. The van der Waals surface area contributed by atoms with Gasteiger partial charge in [0.25, 0.3) is 5.91 Å². The molecule has 1 unspecified atom stereocenters. The first-order chi connectivity index (χ1) is 13.2. The molecule has 0 saturated heterocycles. The zero-order chi connectivity index (χ0) is 21.0. The summed E-state index contributed by atoms with van der Waals surface area (Å²) in [4.78, 5) is 43.0. The maximum atomic E-state index is 13.3. The van der Waals surface area contributed by atoms with Crippen LogP contribution < -0.4 is 0 Å². The summed E-state index contributed by atoms with van der Waals surface area (Å²) in [5.41, 5.74) is 2.38. The lowest BCUT2D eigenvalue weighted by molar-refractivity contribution is 0.0518. The molecule has 1 N–H and O–H groups in total. The van der Waals surface area contributed by atoms with E-state index < -0.39 is 12.0 Å². The van der Waals surface area contributed by atoms with Gasteiger partial charge in [0.1, 0.15) is 5.69 Å². The Morgan fingerprint density at radius 1 is 1.07 bits per heavy atom. The van der Waals surface area contributed by atoms with Crippen LogP contribution in [0.15, 0.2) is 30.3 Å². The van der Waals surface area contributed by atoms with Crippen molar-refractivity contribution in [3.63, 3.8) is 0 Å². The molecule has 2 rings (SSSR count). The lowest BCUT2D eigenvalue weighted by atomic mass is 9.98. The molecule has 0 aliphatic carbocycles. The third kappa shape index (κ3) is 4.16. The normalized spacial score (nSPS) is 12.0. The van der Waals surface area contributed by atoms with E-state index in [2.05, 4.69) is 4.98 Å². The zero-order valence-electron chi connectivity index (χ0n) is 17.3. The van der Waals surface area contributed by atoms with Gasteiger partial charge < -0.3 is 14.6 Å². The first-order valence-electron chi connectivity index (χ1n) is 9.48. The van der Waals surface area contributed by atoms with Crippen molar-refractivity contribution in [3.05, 3.63) is 58.4 Å². The van der Waals surface area contributed by atoms with Crippen LogP contribution >= 0.6 is 0 Å². The third-order valence-corrected chi connectivity index (χ3v) is 4.77. The molecular weight excluding hydrogens is 356 g/mol. The summed E-state index contributed by atoms with van der Waals surface area (Å²) in [5, 5.41) is 0. The number of hydrogen-bond donors (Lipinski definition) is 1. The second-order valence-electron chi connectivity index (χ2n) is 7.06. The Kier molecular flexibility index (Phi) is 6.78. The van der Waals surface area contributed by atoms with Crippen LogP contribution in [0.2, 0.25) is 0 Å². The van der Waals surface area contributed by atoms with Crippen molar-refractivity contribution < 1.29 is 19.1 Å². The molecule has 28 heavy (non-hydrogen) atoms. The lowest BCUT2D eigenvalue weighted by Gasteiger charge is -2.32. The van der Waals surface area contributed by atoms with Gasteiger partial charge in [-0.05, 0) is 59.2 Å². The number of carbonyl (C=O) groups excluding carboxylic acids is 3. The average molecular weight is 384 g/mol. The monoisotopic (exact) mass is 384 g/mol. The van der Waals surface area contributed by atoms with Crippen molar-refractivity contribution in [2.75, 3.05) is 6.61 Å². The van der Waals surface area contributed by atoms with Crippen molar-refractivity contribution in [2.24, 2.45) is 0 Å². The standard InChI is InChI=1S/C22H28N2O4/c1-7-28-22(27)19-14(4)18(15(5)23-19)20(25)16(6)24(13(2)3)21(26)17-11-9-8-10-12-17/h8-13,16,23H,7H2,1-6H3. The minimum Gasteiger partial charge on any atom is -0.461 e. The quantitative estimate of drug-likeness (QED) is 0.579. The summed E-state index contributed by atoms with van der Waals surface area (Å²) in [6.45, 7) is 10.9. The van der Waals surface area contributed by atoms with Crippen LogP contribution in [-0.4, -0.2) is 46.2 Å². The van der Waals surface area contributed by atoms with E-state index in [1.54, 1.807) is 56.9 Å².